The molecule has 132 valence electrons. The lowest BCUT2D eigenvalue weighted by molar-refractivity contribution is -0.116. The average molecular weight is 366 g/mol. The van der Waals surface area contributed by atoms with Crippen LogP contribution in [-0.2, 0) is 4.79 Å². The Balaban J connectivity index is 2.32. The first-order valence-electron chi connectivity index (χ1n) is 7.58. The summed E-state index contributed by atoms with van der Waals surface area (Å²) >= 11 is 6.24. The van der Waals surface area contributed by atoms with E-state index in [9.17, 15) is 9.18 Å². The van der Waals surface area contributed by atoms with Crippen molar-refractivity contribution in [1.82, 2.24) is 0 Å². The van der Waals surface area contributed by atoms with Gasteiger partial charge in [-0.05, 0) is 12.1 Å². The summed E-state index contributed by atoms with van der Waals surface area (Å²) in [6.45, 7) is 0. The molecular weight excluding hydrogens is 349 g/mol. The van der Waals surface area contributed by atoms with Gasteiger partial charge in [0, 0.05) is 34.6 Å². The van der Waals surface area contributed by atoms with Gasteiger partial charge in [0.15, 0.2) is 11.5 Å². The molecule has 2 aromatic carbocycles. The average Bonchev–Trinajstić information content (AvgIpc) is 2.59. The van der Waals surface area contributed by atoms with Crippen LogP contribution in [0.3, 0.4) is 0 Å². The molecule has 0 radical (unpaired) electrons. The van der Waals surface area contributed by atoms with E-state index in [4.69, 9.17) is 25.8 Å². The summed E-state index contributed by atoms with van der Waals surface area (Å²) in [6, 6.07) is 6.08. The minimum absolute atomic E-state index is 0.0412. The second kappa shape index (κ2) is 6.80. The third kappa shape index (κ3) is 2.87. The predicted octanol–water partition coefficient (Wildman–Crippen LogP) is 3.98. The van der Waals surface area contributed by atoms with Crippen molar-refractivity contribution in [2.75, 3.05) is 26.6 Å². The summed E-state index contributed by atoms with van der Waals surface area (Å²) in [5.74, 6) is -0.175. The predicted molar refractivity (Wildman–Crippen MR) is 92.6 cm³/mol. The van der Waals surface area contributed by atoms with Crippen molar-refractivity contribution >= 4 is 23.2 Å². The maximum absolute atomic E-state index is 14.5. The fraction of sp³-hybridized carbons (Fsp3) is 0.278. The third-order valence-corrected chi connectivity index (χ3v) is 4.56. The number of nitrogens with one attached hydrogen (secondary N) is 1. The zero-order valence-electron chi connectivity index (χ0n) is 14.0. The van der Waals surface area contributed by atoms with E-state index in [1.165, 1.54) is 33.5 Å². The number of fused-ring (bicyclic) bond motifs is 1. The smallest absolute Gasteiger partial charge is 0.225 e. The van der Waals surface area contributed by atoms with Crippen LogP contribution in [-0.4, -0.2) is 27.2 Å². The van der Waals surface area contributed by atoms with E-state index in [1.807, 2.05) is 0 Å². The quantitative estimate of drug-likeness (QED) is 0.890. The Hall–Kier alpha value is -2.47. The number of hydrogen-bond acceptors (Lipinski definition) is 4. The molecule has 1 amide bonds. The number of ether oxygens (including phenoxy) is 3. The molecule has 5 nitrogen and oxygen atoms in total. The van der Waals surface area contributed by atoms with Gasteiger partial charge in [0.2, 0.25) is 11.7 Å². The number of anilines is 1. The van der Waals surface area contributed by atoms with E-state index in [1.54, 1.807) is 12.1 Å². The van der Waals surface area contributed by atoms with Gasteiger partial charge < -0.3 is 19.5 Å². The van der Waals surface area contributed by atoms with Crippen LogP contribution in [0.25, 0.3) is 0 Å². The Morgan fingerprint density at radius 3 is 2.44 bits per heavy atom. The highest BCUT2D eigenvalue weighted by Gasteiger charge is 2.35. The number of halogens is 2. The first-order chi connectivity index (χ1) is 12.0. The summed E-state index contributed by atoms with van der Waals surface area (Å²) in [6.07, 6.45) is 0.0412. The molecule has 7 heteroatoms. The topological polar surface area (TPSA) is 56.8 Å². The molecule has 0 aliphatic carbocycles. The third-order valence-electron chi connectivity index (χ3n) is 4.23. The van der Waals surface area contributed by atoms with E-state index in [0.717, 1.165) is 0 Å². The number of hydrogen-bond donors (Lipinski definition) is 1. The van der Waals surface area contributed by atoms with Crippen LogP contribution in [0.1, 0.15) is 23.5 Å². The van der Waals surface area contributed by atoms with Crippen LogP contribution < -0.4 is 19.5 Å². The zero-order valence-corrected chi connectivity index (χ0v) is 14.7. The van der Waals surface area contributed by atoms with Crippen LogP contribution in [0, 0.1) is 5.82 Å². The first kappa shape index (κ1) is 17.4. The Kier molecular flexibility index (Phi) is 4.72. The van der Waals surface area contributed by atoms with Gasteiger partial charge in [0.1, 0.15) is 5.82 Å². The summed E-state index contributed by atoms with van der Waals surface area (Å²) in [7, 11) is 4.45. The molecular formula is C18H17ClFNO4. The standard InChI is InChI=1S/C18H17ClFNO4/c1-23-13-8-12-16(18(25-3)17(13)24-2)9(7-14(22)21-12)15-10(19)5-4-6-11(15)20/h4-6,8-9H,7H2,1-3H3,(H,21,22)/t9-/m0/s1. The van der Waals surface area contributed by atoms with Crippen LogP contribution in [0.2, 0.25) is 5.02 Å². The second-order valence-electron chi connectivity index (χ2n) is 5.55. The van der Waals surface area contributed by atoms with Gasteiger partial charge in [-0.25, -0.2) is 4.39 Å². The lowest BCUT2D eigenvalue weighted by Gasteiger charge is -2.30. The molecule has 0 spiro atoms. The van der Waals surface area contributed by atoms with E-state index in [-0.39, 0.29) is 22.9 Å². The van der Waals surface area contributed by atoms with Gasteiger partial charge in [-0.3, -0.25) is 4.79 Å². The summed E-state index contributed by atoms with van der Waals surface area (Å²) < 4.78 is 30.7. The fourth-order valence-electron chi connectivity index (χ4n) is 3.21. The van der Waals surface area contributed by atoms with E-state index >= 15 is 0 Å². The number of carbonyl (C=O) groups excluding carboxylic acids is 1. The highest BCUT2D eigenvalue weighted by Crippen LogP contribution is 2.52. The Morgan fingerprint density at radius 2 is 1.84 bits per heavy atom. The first-order valence-corrected chi connectivity index (χ1v) is 7.96. The molecule has 1 aliphatic rings. The summed E-state index contributed by atoms with van der Waals surface area (Å²) in [4.78, 5) is 12.2. The lowest BCUT2D eigenvalue weighted by Crippen LogP contribution is -2.25. The van der Waals surface area contributed by atoms with Gasteiger partial charge in [-0.2, -0.15) is 0 Å². The largest absolute Gasteiger partial charge is 0.493 e. The SMILES string of the molecule is COc1cc2c(c(OC)c1OC)[C@H](c1c(F)cccc1Cl)CC(=O)N2. The molecule has 0 unspecified atom stereocenters. The van der Waals surface area contributed by atoms with Crippen molar-refractivity contribution < 1.29 is 23.4 Å². The Bertz CT molecular complexity index is 820. The molecule has 1 heterocycles. The maximum atomic E-state index is 14.5. The Labute approximate surface area is 149 Å². The van der Waals surface area contributed by atoms with Crippen LogP contribution in [0.5, 0.6) is 17.2 Å². The molecule has 1 atom stereocenters. The normalized spacial score (nSPS) is 16.0. The van der Waals surface area contributed by atoms with Gasteiger partial charge in [0.05, 0.1) is 27.0 Å². The maximum Gasteiger partial charge on any atom is 0.225 e. The van der Waals surface area contributed by atoms with Crippen molar-refractivity contribution in [2.45, 2.75) is 12.3 Å². The van der Waals surface area contributed by atoms with Crippen LogP contribution >= 0.6 is 11.6 Å². The highest BCUT2D eigenvalue weighted by atomic mass is 35.5. The molecule has 0 saturated heterocycles. The number of amides is 1. The van der Waals surface area contributed by atoms with Gasteiger partial charge in [-0.15, -0.1) is 0 Å². The molecule has 0 fully saturated rings. The van der Waals surface area contributed by atoms with Crippen LogP contribution in [0.15, 0.2) is 24.3 Å². The number of benzene rings is 2. The van der Waals surface area contributed by atoms with Gasteiger partial charge in [-0.1, -0.05) is 17.7 Å². The molecule has 2 aromatic rings. The zero-order chi connectivity index (χ0) is 18.1. The summed E-state index contributed by atoms with van der Waals surface area (Å²) in [5, 5.41) is 3.03. The van der Waals surface area contributed by atoms with Crippen molar-refractivity contribution in [1.29, 1.82) is 0 Å². The van der Waals surface area contributed by atoms with Crippen molar-refractivity contribution in [3.63, 3.8) is 0 Å². The fourth-order valence-corrected chi connectivity index (χ4v) is 3.50. The van der Waals surface area contributed by atoms with Gasteiger partial charge in [0.25, 0.3) is 0 Å². The van der Waals surface area contributed by atoms with Crippen molar-refractivity contribution in [2.24, 2.45) is 0 Å². The van der Waals surface area contributed by atoms with Crippen molar-refractivity contribution in [3.05, 3.63) is 46.2 Å². The Morgan fingerprint density at radius 1 is 1.12 bits per heavy atom. The summed E-state index contributed by atoms with van der Waals surface area (Å²) in [5.41, 5.74) is 1.34. The number of carbonyl (C=O) groups is 1. The minimum atomic E-state index is -0.604. The van der Waals surface area contributed by atoms with Crippen molar-refractivity contribution in [3.8, 4) is 17.2 Å². The molecule has 1 N–H and O–H groups in total. The lowest BCUT2D eigenvalue weighted by atomic mass is 9.83. The number of methoxy groups -OCH3 is 3. The van der Waals surface area contributed by atoms with E-state index < -0.39 is 11.7 Å². The molecule has 1 aliphatic heterocycles. The highest BCUT2D eigenvalue weighted by molar-refractivity contribution is 6.31. The molecule has 25 heavy (non-hydrogen) atoms. The number of rotatable bonds is 4. The molecule has 0 bridgehead atoms. The monoisotopic (exact) mass is 365 g/mol. The molecule has 3 rings (SSSR count). The van der Waals surface area contributed by atoms with Crippen LogP contribution in [0.4, 0.5) is 10.1 Å². The minimum Gasteiger partial charge on any atom is -0.493 e. The molecule has 0 saturated carbocycles. The van der Waals surface area contributed by atoms with E-state index in [2.05, 4.69) is 5.32 Å². The van der Waals surface area contributed by atoms with Gasteiger partial charge >= 0.3 is 0 Å². The molecule has 0 aromatic heterocycles. The second-order valence-corrected chi connectivity index (χ2v) is 5.95. The van der Waals surface area contributed by atoms with E-state index in [0.29, 0.717) is 28.5 Å².